The Balaban J connectivity index is 1.55. The summed E-state index contributed by atoms with van der Waals surface area (Å²) in [4.78, 5) is 22.1. The standard InChI is InChI=1S/C17H24N6/c1-14(9-16-12-18-5-6-19-16)22(2)13-15-10-20-17(21-11-15)23-7-3-4-8-23/h5-6,10-12,14H,3-4,7-9,13H2,1-2H3/t14-/m0/s1. The van der Waals surface area contributed by atoms with Crippen LogP contribution in [0.15, 0.2) is 31.0 Å². The molecule has 0 aliphatic carbocycles. The number of hydrogen-bond acceptors (Lipinski definition) is 6. The third-order valence-electron chi connectivity index (χ3n) is 4.39. The summed E-state index contributed by atoms with van der Waals surface area (Å²) in [5.74, 6) is 0.863. The smallest absolute Gasteiger partial charge is 0.225 e. The van der Waals surface area contributed by atoms with E-state index >= 15 is 0 Å². The van der Waals surface area contributed by atoms with Gasteiger partial charge in [0.05, 0.1) is 5.69 Å². The van der Waals surface area contributed by atoms with Gasteiger partial charge < -0.3 is 4.90 Å². The van der Waals surface area contributed by atoms with Crippen LogP contribution in [0.4, 0.5) is 5.95 Å². The zero-order chi connectivity index (χ0) is 16.1. The van der Waals surface area contributed by atoms with Crippen LogP contribution in [0, 0.1) is 0 Å². The molecule has 1 aliphatic rings. The molecule has 2 aromatic rings. The highest BCUT2D eigenvalue weighted by atomic mass is 15.3. The van der Waals surface area contributed by atoms with Gasteiger partial charge in [0.1, 0.15) is 0 Å². The molecule has 1 saturated heterocycles. The lowest BCUT2D eigenvalue weighted by Crippen LogP contribution is -2.31. The summed E-state index contributed by atoms with van der Waals surface area (Å²) in [5.41, 5.74) is 2.16. The summed E-state index contributed by atoms with van der Waals surface area (Å²) in [7, 11) is 2.12. The Morgan fingerprint density at radius 3 is 2.48 bits per heavy atom. The molecule has 0 bridgehead atoms. The van der Waals surface area contributed by atoms with Gasteiger partial charge in [-0.3, -0.25) is 14.9 Å². The maximum Gasteiger partial charge on any atom is 0.225 e. The summed E-state index contributed by atoms with van der Waals surface area (Å²) in [6.45, 7) is 5.19. The van der Waals surface area contributed by atoms with E-state index < -0.39 is 0 Å². The van der Waals surface area contributed by atoms with Crippen LogP contribution in [-0.2, 0) is 13.0 Å². The third kappa shape index (κ3) is 4.22. The molecule has 0 saturated carbocycles. The van der Waals surface area contributed by atoms with Crippen molar-refractivity contribution >= 4 is 5.95 Å². The van der Waals surface area contributed by atoms with E-state index in [1.807, 2.05) is 18.6 Å². The number of nitrogens with zero attached hydrogens (tertiary/aromatic N) is 6. The van der Waals surface area contributed by atoms with E-state index in [0.717, 1.165) is 43.3 Å². The van der Waals surface area contributed by atoms with Gasteiger partial charge in [-0.25, -0.2) is 9.97 Å². The molecule has 3 heterocycles. The summed E-state index contributed by atoms with van der Waals surface area (Å²) in [6, 6.07) is 0.380. The van der Waals surface area contributed by atoms with Gasteiger partial charge in [0.2, 0.25) is 5.95 Å². The third-order valence-corrected chi connectivity index (χ3v) is 4.39. The van der Waals surface area contributed by atoms with Gasteiger partial charge in [0.15, 0.2) is 0 Å². The van der Waals surface area contributed by atoms with E-state index in [1.54, 1.807) is 12.4 Å². The second-order valence-electron chi connectivity index (χ2n) is 6.25. The van der Waals surface area contributed by atoms with Crippen LogP contribution in [-0.4, -0.2) is 51.0 Å². The van der Waals surface area contributed by atoms with Gasteiger partial charge in [0, 0.05) is 68.6 Å². The molecule has 23 heavy (non-hydrogen) atoms. The lowest BCUT2D eigenvalue weighted by Gasteiger charge is -2.24. The normalized spacial score (nSPS) is 16.0. The van der Waals surface area contributed by atoms with Crippen LogP contribution in [0.25, 0.3) is 0 Å². The Hall–Kier alpha value is -2.08. The van der Waals surface area contributed by atoms with Crippen LogP contribution in [0.5, 0.6) is 0 Å². The second kappa shape index (κ2) is 7.46. The van der Waals surface area contributed by atoms with Crippen molar-refractivity contribution in [2.75, 3.05) is 25.0 Å². The molecule has 1 aliphatic heterocycles. The fraction of sp³-hybridized carbons (Fsp3) is 0.529. The first kappa shape index (κ1) is 15.8. The van der Waals surface area contributed by atoms with Crippen molar-refractivity contribution in [3.63, 3.8) is 0 Å². The zero-order valence-electron chi connectivity index (χ0n) is 13.9. The molecule has 122 valence electrons. The number of rotatable bonds is 6. The summed E-state index contributed by atoms with van der Waals surface area (Å²) in [6.07, 6.45) is 12.6. The highest BCUT2D eigenvalue weighted by Crippen LogP contribution is 2.15. The van der Waals surface area contributed by atoms with Crippen LogP contribution < -0.4 is 4.90 Å². The molecule has 0 unspecified atom stereocenters. The maximum absolute atomic E-state index is 4.52. The number of aromatic nitrogens is 4. The fourth-order valence-electron chi connectivity index (χ4n) is 2.85. The van der Waals surface area contributed by atoms with Crippen molar-refractivity contribution in [1.29, 1.82) is 0 Å². The van der Waals surface area contributed by atoms with Gasteiger partial charge >= 0.3 is 0 Å². The maximum atomic E-state index is 4.52. The molecule has 6 heteroatoms. The van der Waals surface area contributed by atoms with Crippen molar-refractivity contribution in [3.8, 4) is 0 Å². The Morgan fingerprint density at radius 1 is 1.09 bits per heavy atom. The summed E-state index contributed by atoms with van der Waals surface area (Å²) < 4.78 is 0. The molecule has 1 fully saturated rings. The van der Waals surface area contributed by atoms with Gasteiger partial charge in [-0.1, -0.05) is 0 Å². The number of likely N-dealkylation sites (N-methyl/N-ethyl adjacent to an activating group) is 1. The molecule has 0 N–H and O–H groups in total. The minimum atomic E-state index is 0.380. The molecule has 0 radical (unpaired) electrons. The predicted molar refractivity (Wildman–Crippen MR) is 90.1 cm³/mol. The largest absolute Gasteiger partial charge is 0.341 e. The van der Waals surface area contributed by atoms with E-state index in [1.165, 1.54) is 12.8 Å². The van der Waals surface area contributed by atoms with E-state index in [2.05, 4.69) is 43.7 Å². The van der Waals surface area contributed by atoms with E-state index in [9.17, 15) is 0 Å². The highest BCUT2D eigenvalue weighted by molar-refractivity contribution is 5.30. The first-order valence-corrected chi connectivity index (χ1v) is 8.23. The van der Waals surface area contributed by atoms with E-state index in [4.69, 9.17) is 0 Å². The van der Waals surface area contributed by atoms with Crippen molar-refractivity contribution in [2.45, 2.75) is 38.8 Å². The minimum Gasteiger partial charge on any atom is -0.341 e. The van der Waals surface area contributed by atoms with Crippen LogP contribution in [0.3, 0.4) is 0 Å². The molecule has 6 nitrogen and oxygen atoms in total. The molecule has 2 aromatic heterocycles. The average molecular weight is 312 g/mol. The molecular weight excluding hydrogens is 288 g/mol. The average Bonchev–Trinajstić information content (AvgIpc) is 3.11. The second-order valence-corrected chi connectivity index (χ2v) is 6.25. The van der Waals surface area contributed by atoms with Crippen LogP contribution in [0.2, 0.25) is 0 Å². The van der Waals surface area contributed by atoms with Crippen molar-refractivity contribution < 1.29 is 0 Å². The fourth-order valence-corrected chi connectivity index (χ4v) is 2.85. The topological polar surface area (TPSA) is 58.0 Å². The monoisotopic (exact) mass is 312 g/mol. The SMILES string of the molecule is C[C@@H](Cc1cnccn1)N(C)Cc1cnc(N2CCCC2)nc1. The predicted octanol–water partition coefficient (Wildman–Crippen LogP) is 1.93. The van der Waals surface area contributed by atoms with Crippen molar-refractivity contribution in [2.24, 2.45) is 0 Å². The van der Waals surface area contributed by atoms with Gasteiger partial charge in [-0.15, -0.1) is 0 Å². The quantitative estimate of drug-likeness (QED) is 0.812. The van der Waals surface area contributed by atoms with Gasteiger partial charge in [-0.2, -0.15) is 0 Å². The van der Waals surface area contributed by atoms with Crippen molar-refractivity contribution in [1.82, 2.24) is 24.8 Å². The zero-order valence-corrected chi connectivity index (χ0v) is 13.9. The van der Waals surface area contributed by atoms with Gasteiger partial charge in [0.25, 0.3) is 0 Å². The number of anilines is 1. The first-order valence-electron chi connectivity index (χ1n) is 8.23. The van der Waals surface area contributed by atoms with E-state index in [0.29, 0.717) is 6.04 Å². The Bertz CT molecular complexity index is 594. The number of hydrogen-bond donors (Lipinski definition) is 0. The summed E-state index contributed by atoms with van der Waals surface area (Å²) >= 11 is 0. The molecule has 3 rings (SSSR count). The lowest BCUT2D eigenvalue weighted by atomic mass is 10.1. The molecule has 0 amide bonds. The lowest BCUT2D eigenvalue weighted by molar-refractivity contribution is 0.246. The van der Waals surface area contributed by atoms with Crippen molar-refractivity contribution in [3.05, 3.63) is 42.2 Å². The Labute approximate surface area is 137 Å². The molecular formula is C17H24N6. The highest BCUT2D eigenvalue weighted by Gasteiger charge is 2.15. The molecule has 0 aromatic carbocycles. The first-order chi connectivity index (χ1) is 11.2. The Kier molecular flexibility index (Phi) is 5.12. The molecule has 1 atom stereocenters. The Morgan fingerprint density at radius 2 is 1.83 bits per heavy atom. The van der Waals surface area contributed by atoms with E-state index in [-0.39, 0.29) is 0 Å². The minimum absolute atomic E-state index is 0.380. The molecule has 0 spiro atoms. The van der Waals surface area contributed by atoms with Crippen LogP contribution in [0.1, 0.15) is 31.0 Å². The summed E-state index contributed by atoms with van der Waals surface area (Å²) in [5, 5.41) is 0. The van der Waals surface area contributed by atoms with Crippen LogP contribution >= 0.6 is 0 Å². The van der Waals surface area contributed by atoms with Gasteiger partial charge in [-0.05, 0) is 26.8 Å².